The smallest absolute Gasteiger partial charge is 0.115 e. The Morgan fingerprint density at radius 3 is 3.07 bits per heavy atom. The lowest BCUT2D eigenvalue weighted by molar-refractivity contribution is 0.489. The molecule has 1 atom stereocenters. The monoisotopic (exact) mass is 190 g/mol. The molecule has 1 aromatic rings. The molecule has 0 spiro atoms. The zero-order valence-electron chi connectivity index (χ0n) is 8.27. The normalized spacial score (nSPS) is 17.7. The summed E-state index contributed by atoms with van der Waals surface area (Å²) in [5.41, 5.74) is 1.13. The number of hydrogen-bond acceptors (Lipinski definition) is 3. The van der Waals surface area contributed by atoms with Crippen molar-refractivity contribution in [3.05, 3.63) is 18.0 Å². The summed E-state index contributed by atoms with van der Waals surface area (Å²) in [7, 11) is 0. The third-order valence-corrected chi connectivity index (χ3v) is 2.30. The molecular weight excluding hydrogens is 176 g/mol. The van der Waals surface area contributed by atoms with E-state index in [2.05, 4.69) is 16.5 Å². The molecule has 2 rings (SSSR count). The van der Waals surface area contributed by atoms with Crippen molar-refractivity contribution in [3.63, 3.8) is 0 Å². The van der Waals surface area contributed by atoms with Crippen molar-refractivity contribution in [2.24, 2.45) is 0 Å². The van der Waals surface area contributed by atoms with Crippen LogP contribution in [0.1, 0.15) is 18.4 Å². The zero-order valence-corrected chi connectivity index (χ0v) is 8.27. The highest BCUT2D eigenvalue weighted by Gasteiger charge is 2.24. The molecule has 4 heteroatoms. The van der Waals surface area contributed by atoms with Gasteiger partial charge in [-0.2, -0.15) is 10.4 Å². The maximum absolute atomic E-state index is 8.92. The lowest BCUT2D eigenvalue weighted by Gasteiger charge is -2.10. The van der Waals surface area contributed by atoms with Crippen LogP contribution in [0.4, 0.5) is 0 Å². The van der Waals surface area contributed by atoms with Crippen molar-refractivity contribution in [3.8, 4) is 6.07 Å². The Labute approximate surface area is 83.5 Å². The van der Waals surface area contributed by atoms with Crippen molar-refractivity contribution < 1.29 is 0 Å². The largest absolute Gasteiger partial charge is 0.298 e. The summed E-state index contributed by atoms with van der Waals surface area (Å²) in [6.07, 6.45) is 6.18. The van der Waals surface area contributed by atoms with Crippen LogP contribution in [0.25, 0.3) is 0 Å². The molecular formula is C10H14N4. The molecule has 1 aliphatic carbocycles. The quantitative estimate of drug-likeness (QED) is 0.765. The lowest BCUT2D eigenvalue weighted by Crippen LogP contribution is -2.33. The maximum Gasteiger partial charge on any atom is 0.115 e. The molecule has 0 aromatic carbocycles. The Hall–Kier alpha value is -1.34. The van der Waals surface area contributed by atoms with Gasteiger partial charge in [-0.3, -0.25) is 10.00 Å². The molecule has 1 heterocycles. The minimum absolute atomic E-state index is 0.109. The summed E-state index contributed by atoms with van der Waals surface area (Å²) in [5, 5.41) is 16.4. The van der Waals surface area contributed by atoms with Gasteiger partial charge >= 0.3 is 0 Å². The number of aryl methyl sites for hydroxylation is 1. The molecule has 0 bridgehead atoms. The van der Waals surface area contributed by atoms with Crippen LogP contribution in [0.2, 0.25) is 0 Å². The number of hydrogen-bond donors (Lipinski definition) is 1. The first kappa shape index (κ1) is 9.22. The third-order valence-electron chi connectivity index (χ3n) is 2.30. The lowest BCUT2D eigenvalue weighted by atomic mass is 10.3. The van der Waals surface area contributed by atoms with E-state index in [1.165, 1.54) is 12.8 Å². The Kier molecular flexibility index (Phi) is 2.51. The average Bonchev–Trinajstić information content (AvgIpc) is 2.89. The van der Waals surface area contributed by atoms with E-state index >= 15 is 0 Å². The Morgan fingerprint density at radius 2 is 2.57 bits per heavy atom. The number of nitrogens with zero attached hydrogens (tertiary/aromatic N) is 3. The number of rotatable bonds is 4. The van der Waals surface area contributed by atoms with Gasteiger partial charge in [0.05, 0.1) is 18.8 Å². The SMILES string of the molecule is Cc1cnn(CC(C#N)NC2CC2)c1. The number of nitrogens with one attached hydrogen (secondary N) is 1. The second-order valence-electron chi connectivity index (χ2n) is 3.86. The van der Waals surface area contributed by atoms with Gasteiger partial charge in [0.15, 0.2) is 0 Å². The van der Waals surface area contributed by atoms with Crippen molar-refractivity contribution in [1.29, 1.82) is 5.26 Å². The molecule has 4 nitrogen and oxygen atoms in total. The topological polar surface area (TPSA) is 53.6 Å². The highest BCUT2D eigenvalue weighted by atomic mass is 15.3. The van der Waals surface area contributed by atoms with Crippen LogP contribution in [-0.4, -0.2) is 21.9 Å². The minimum Gasteiger partial charge on any atom is -0.298 e. The molecule has 74 valence electrons. The summed E-state index contributed by atoms with van der Waals surface area (Å²) < 4.78 is 1.82. The minimum atomic E-state index is -0.109. The molecule has 0 radical (unpaired) electrons. The van der Waals surface area contributed by atoms with Gasteiger partial charge in [0.1, 0.15) is 6.04 Å². The van der Waals surface area contributed by atoms with Crippen molar-refractivity contribution in [1.82, 2.24) is 15.1 Å². The molecule has 1 aromatic heterocycles. The van der Waals surface area contributed by atoms with Gasteiger partial charge in [0, 0.05) is 12.2 Å². The summed E-state index contributed by atoms with van der Waals surface area (Å²) in [5.74, 6) is 0. The second kappa shape index (κ2) is 3.81. The van der Waals surface area contributed by atoms with E-state index in [4.69, 9.17) is 5.26 Å². The fourth-order valence-corrected chi connectivity index (χ4v) is 1.42. The average molecular weight is 190 g/mol. The summed E-state index contributed by atoms with van der Waals surface area (Å²) in [6.45, 7) is 2.64. The van der Waals surface area contributed by atoms with E-state index in [1.54, 1.807) is 0 Å². The van der Waals surface area contributed by atoms with Gasteiger partial charge in [0.2, 0.25) is 0 Å². The van der Waals surface area contributed by atoms with Gasteiger partial charge in [-0.05, 0) is 25.3 Å². The fraction of sp³-hybridized carbons (Fsp3) is 0.600. The molecule has 14 heavy (non-hydrogen) atoms. The van der Waals surface area contributed by atoms with Crippen LogP contribution < -0.4 is 5.32 Å². The Balaban J connectivity index is 1.90. The van der Waals surface area contributed by atoms with E-state index in [-0.39, 0.29) is 6.04 Å². The number of nitriles is 1. The van der Waals surface area contributed by atoms with Crippen molar-refractivity contribution >= 4 is 0 Å². The predicted molar refractivity (Wildman–Crippen MR) is 52.5 cm³/mol. The van der Waals surface area contributed by atoms with Gasteiger partial charge in [0.25, 0.3) is 0 Å². The van der Waals surface area contributed by atoms with E-state index in [0.717, 1.165) is 5.56 Å². The fourth-order valence-electron chi connectivity index (χ4n) is 1.42. The highest BCUT2D eigenvalue weighted by molar-refractivity contribution is 5.01. The first-order valence-electron chi connectivity index (χ1n) is 4.92. The van der Waals surface area contributed by atoms with Crippen molar-refractivity contribution in [2.45, 2.75) is 38.4 Å². The van der Waals surface area contributed by atoms with E-state index < -0.39 is 0 Å². The van der Waals surface area contributed by atoms with Gasteiger partial charge in [-0.1, -0.05) is 0 Å². The predicted octanol–water partition coefficient (Wildman–Crippen LogP) is 0.836. The number of aromatic nitrogens is 2. The van der Waals surface area contributed by atoms with Crippen molar-refractivity contribution in [2.75, 3.05) is 0 Å². The molecule has 1 N–H and O–H groups in total. The molecule has 0 amide bonds. The Bertz CT molecular complexity index is 345. The van der Waals surface area contributed by atoms with Crippen LogP contribution >= 0.6 is 0 Å². The van der Waals surface area contributed by atoms with E-state index in [0.29, 0.717) is 12.6 Å². The van der Waals surface area contributed by atoms with Gasteiger partial charge in [-0.25, -0.2) is 0 Å². The molecule has 1 aliphatic rings. The second-order valence-corrected chi connectivity index (χ2v) is 3.86. The highest BCUT2D eigenvalue weighted by Crippen LogP contribution is 2.19. The Morgan fingerprint density at radius 1 is 1.79 bits per heavy atom. The first-order valence-corrected chi connectivity index (χ1v) is 4.92. The van der Waals surface area contributed by atoms with E-state index in [1.807, 2.05) is 24.0 Å². The van der Waals surface area contributed by atoms with E-state index in [9.17, 15) is 0 Å². The van der Waals surface area contributed by atoms with Crippen LogP contribution in [0.15, 0.2) is 12.4 Å². The summed E-state index contributed by atoms with van der Waals surface area (Å²) in [6, 6.07) is 2.72. The maximum atomic E-state index is 8.92. The van der Waals surface area contributed by atoms with Crippen LogP contribution in [-0.2, 0) is 6.54 Å². The standard InChI is InChI=1S/C10H14N4/c1-8-5-12-14(6-8)7-10(4-11)13-9-2-3-9/h5-6,9-10,13H,2-3,7H2,1H3. The molecule has 1 fully saturated rings. The molecule has 0 aliphatic heterocycles. The van der Waals surface area contributed by atoms with Gasteiger partial charge < -0.3 is 0 Å². The van der Waals surface area contributed by atoms with Crippen LogP contribution in [0, 0.1) is 18.3 Å². The van der Waals surface area contributed by atoms with Crippen LogP contribution in [0.5, 0.6) is 0 Å². The molecule has 0 saturated heterocycles. The first-order chi connectivity index (χ1) is 6.78. The zero-order chi connectivity index (χ0) is 9.97. The third kappa shape index (κ3) is 2.33. The van der Waals surface area contributed by atoms with Gasteiger partial charge in [-0.15, -0.1) is 0 Å². The summed E-state index contributed by atoms with van der Waals surface area (Å²) in [4.78, 5) is 0. The van der Waals surface area contributed by atoms with Crippen LogP contribution in [0.3, 0.4) is 0 Å². The molecule has 1 saturated carbocycles. The summed E-state index contributed by atoms with van der Waals surface area (Å²) >= 11 is 0. The molecule has 1 unspecified atom stereocenters.